The second-order valence-electron chi connectivity index (χ2n) is 4.13. The average Bonchev–Trinajstić information content (AvgIpc) is 2.61. The highest BCUT2D eigenvalue weighted by atomic mass is 16.4. The number of aromatic carboxylic acids is 1. The van der Waals surface area contributed by atoms with Gasteiger partial charge in [-0.25, -0.2) is 4.79 Å². The molecule has 0 amide bonds. The number of hydrogen-bond acceptors (Lipinski definition) is 2. The highest BCUT2D eigenvalue weighted by Gasteiger charge is 2.13. The standard InChI is InChI=1S/C13H16N2O2/c1-9-8-10-4-2-5-11(13(16)17)12(10)15(9)7-3-6-14/h2,4-5,8H,3,6-7,14H2,1H3,(H,16,17). The van der Waals surface area contributed by atoms with Crippen molar-refractivity contribution >= 4 is 16.9 Å². The third kappa shape index (κ3) is 2.03. The molecule has 3 N–H and O–H groups in total. The fraction of sp³-hybridized carbons (Fsp3) is 0.308. The number of carbonyl (C=O) groups is 1. The molecule has 1 aromatic heterocycles. The molecule has 0 saturated heterocycles. The van der Waals surface area contributed by atoms with E-state index in [9.17, 15) is 9.90 Å². The molecule has 0 radical (unpaired) electrons. The summed E-state index contributed by atoms with van der Waals surface area (Å²) in [6, 6.07) is 7.37. The SMILES string of the molecule is Cc1cc2cccc(C(=O)O)c2n1CCCN. The second-order valence-corrected chi connectivity index (χ2v) is 4.13. The van der Waals surface area contributed by atoms with Crippen LogP contribution >= 0.6 is 0 Å². The van der Waals surface area contributed by atoms with Crippen molar-refractivity contribution in [3.8, 4) is 0 Å². The monoisotopic (exact) mass is 232 g/mol. The van der Waals surface area contributed by atoms with Gasteiger partial charge in [-0.3, -0.25) is 0 Å². The molecule has 2 aromatic rings. The van der Waals surface area contributed by atoms with Gasteiger partial charge in [0.05, 0.1) is 11.1 Å². The number of fused-ring (bicyclic) bond motifs is 1. The summed E-state index contributed by atoms with van der Waals surface area (Å²) in [7, 11) is 0. The number of carboxylic acid groups (broad SMARTS) is 1. The molecule has 4 heteroatoms. The zero-order valence-electron chi connectivity index (χ0n) is 9.81. The number of aryl methyl sites for hydroxylation is 2. The van der Waals surface area contributed by atoms with Crippen LogP contribution in [0.3, 0.4) is 0 Å². The molecule has 0 fully saturated rings. The van der Waals surface area contributed by atoms with Crippen molar-refractivity contribution in [1.82, 2.24) is 4.57 Å². The Morgan fingerprint density at radius 1 is 1.47 bits per heavy atom. The van der Waals surface area contributed by atoms with Gasteiger partial charge in [-0.15, -0.1) is 0 Å². The molecule has 1 heterocycles. The van der Waals surface area contributed by atoms with Crippen molar-refractivity contribution in [1.29, 1.82) is 0 Å². The zero-order valence-corrected chi connectivity index (χ0v) is 9.81. The summed E-state index contributed by atoms with van der Waals surface area (Å²) in [5.74, 6) is -0.886. The van der Waals surface area contributed by atoms with Crippen molar-refractivity contribution in [2.75, 3.05) is 6.54 Å². The van der Waals surface area contributed by atoms with Gasteiger partial charge < -0.3 is 15.4 Å². The number of rotatable bonds is 4. The molecule has 0 atom stereocenters. The highest BCUT2D eigenvalue weighted by Crippen LogP contribution is 2.23. The summed E-state index contributed by atoms with van der Waals surface area (Å²) in [6.07, 6.45) is 0.846. The number of aromatic nitrogens is 1. The van der Waals surface area contributed by atoms with E-state index in [1.165, 1.54) is 0 Å². The van der Waals surface area contributed by atoms with Crippen LogP contribution in [0.5, 0.6) is 0 Å². The van der Waals surface area contributed by atoms with Crippen LogP contribution in [-0.4, -0.2) is 22.2 Å². The highest BCUT2D eigenvalue weighted by molar-refractivity contribution is 6.02. The molecule has 0 unspecified atom stereocenters. The smallest absolute Gasteiger partial charge is 0.337 e. The van der Waals surface area contributed by atoms with Crippen LogP contribution in [0.25, 0.3) is 10.9 Å². The summed E-state index contributed by atoms with van der Waals surface area (Å²) >= 11 is 0. The van der Waals surface area contributed by atoms with E-state index in [-0.39, 0.29) is 0 Å². The lowest BCUT2D eigenvalue weighted by Crippen LogP contribution is -2.09. The first-order chi connectivity index (χ1) is 8.15. The van der Waals surface area contributed by atoms with Gasteiger partial charge in [0, 0.05) is 17.6 Å². The molecule has 0 bridgehead atoms. The Hall–Kier alpha value is -1.81. The average molecular weight is 232 g/mol. The summed E-state index contributed by atoms with van der Waals surface area (Å²) in [4.78, 5) is 11.2. The number of hydrogen-bond donors (Lipinski definition) is 2. The number of nitrogens with zero attached hydrogens (tertiary/aromatic N) is 1. The lowest BCUT2D eigenvalue weighted by Gasteiger charge is -2.09. The van der Waals surface area contributed by atoms with Gasteiger partial charge in [-0.1, -0.05) is 12.1 Å². The van der Waals surface area contributed by atoms with Crippen LogP contribution in [0.4, 0.5) is 0 Å². The maximum Gasteiger partial charge on any atom is 0.337 e. The van der Waals surface area contributed by atoms with Crippen LogP contribution in [0.1, 0.15) is 22.5 Å². The second kappa shape index (κ2) is 4.59. The first kappa shape index (κ1) is 11.7. The van der Waals surface area contributed by atoms with E-state index < -0.39 is 5.97 Å². The topological polar surface area (TPSA) is 68.2 Å². The Morgan fingerprint density at radius 3 is 2.88 bits per heavy atom. The minimum atomic E-state index is -0.886. The van der Waals surface area contributed by atoms with Crippen molar-refractivity contribution in [2.24, 2.45) is 5.73 Å². The van der Waals surface area contributed by atoms with E-state index in [0.717, 1.165) is 29.6 Å². The fourth-order valence-corrected chi connectivity index (χ4v) is 2.17. The molecule has 0 saturated carbocycles. The normalized spacial score (nSPS) is 10.9. The predicted octanol–water partition coefficient (Wildman–Crippen LogP) is 2.00. The summed E-state index contributed by atoms with van der Waals surface area (Å²) in [5.41, 5.74) is 7.73. The largest absolute Gasteiger partial charge is 0.478 e. The van der Waals surface area contributed by atoms with Gasteiger partial charge in [0.25, 0.3) is 0 Å². The fourth-order valence-electron chi connectivity index (χ4n) is 2.17. The van der Waals surface area contributed by atoms with Gasteiger partial charge in [0.15, 0.2) is 0 Å². The Bertz CT molecular complexity index is 558. The van der Waals surface area contributed by atoms with Gasteiger partial charge in [-0.2, -0.15) is 0 Å². The number of nitrogens with two attached hydrogens (primary N) is 1. The molecular formula is C13H16N2O2. The molecule has 1 aromatic carbocycles. The van der Waals surface area contributed by atoms with Crippen molar-refractivity contribution in [2.45, 2.75) is 19.9 Å². The number of para-hydroxylation sites is 1. The number of benzene rings is 1. The Kier molecular flexibility index (Phi) is 3.15. The van der Waals surface area contributed by atoms with E-state index >= 15 is 0 Å². The van der Waals surface area contributed by atoms with Crippen LogP contribution < -0.4 is 5.73 Å². The van der Waals surface area contributed by atoms with E-state index in [1.807, 2.05) is 23.6 Å². The van der Waals surface area contributed by atoms with E-state index in [0.29, 0.717) is 12.1 Å². The van der Waals surface area contributed by atoms with Crippen LogP contribution in [-0.2, 0) is 6.54 Å². The summed E-state index contributed by atoms with van der Waals surface area (Å²) < 4.78 is 2.03. The molecule has 17 heavy (non-hydrogen) atoms. The predicted molar refractivity (Wildman–Crippen MR) is 67.3 cm³/mol. The van der Waals surface area contributed by atoms with Crippen LogP contribution in [0.15, 0.2) is 24.3 Å². The Balaban J connectivity index is 2.64. The minimum Gasteiger partial charge on any atom is -0.478 e. The van der Waals surface area contributed by atoms with E-state index in [4.69, 9.17) is 5.73 Å². The van der Waals surface area contributed by atoms with Gasteiger partial charge >= 0.3 is 5.97 Å². The molecule has 4 nitrogen and oxygen atoms in total. The summed E-state index contributed by atoms with van der Waals surface area (Å²) in [6.45, 7) is 3.35. The molecular weight excluding hydrogens is 216 g/mol. The minimum absolute atomic E-state index is 0.354. The molecule has 2 rings (SSSR count). The number of carboxylic acids is 1. The third-order valence-corrected chi connectivity index (χ3v) is 2.94. The van der Waals surface area contributed by atoms with Crippen LogP contribution in [0, 0.1) is 6.92 Å². The Labute approximate surface area is 99.7 Å². The maximum atomic E-state index is 11.2. The van der Waals surface area contributed by atoms with Gasteiger partial charge in [-0.05, 0) is 32.0 Å². The van der Waals surface area contributed by atoms with Crippen molar-refractivity contribution in [3.05, 3.63) is 35.5 Å². The molecule has 0 spiro atoms. The zero-order chi connectivity index (χ0) is 12.4. The van der Waals surface area contributed by atoms with Gasteiger partial charge in [0.2, 0.25) is 0 Å². The lowest BCUT2D eigenvalue weighted by atomic mass is 10.1. The van der Waals surface area contributed by atoms with E-state index in [2.05, 4.69) is 0 Å². The third-order valence-electron chi connectivity index (χ3n) is 2.94. The first-order valence-electron chi connectivity index (χ1n) is 5.67. The quantitative estimate of drug-likeness (QED) is 0.847. The van der Waals surface area contributed by atoms with Crippen molar-refractivity contribution < 1.29 is 9.90 Å². The molecule has 0 aliphatic heterocycles. The van der Waals surface area contributed by atoms with E-state index in [1.54, 1.807) is 12.1 Å². The summed E-state index contributed by atoms with van der Waals surface area (Å²) in [5, 5.41) is 10.2. The molecule has 0 aliphatic carbocycles. The first-order valence-corrected chi connectivity index (χ1v) is 5.67. The molecule has 0 aliphatic rings. The Morgan fingerprint density at radius 2 is 2.24 bits per heavy atom. The van der Waals surface area contributed by atoms with Crippen molar-refractivity contribution in [3.63, 3.8) is 0 Å². The lowest BCUT2D eigenvalue weighted by molar-refractivity contribution is 0.0698. The van der Waals surface area contributed by atoms with Gasteiger partial charge in [0.1, 0.15) is 0 Å². The van der Waals surface area contributed by atoms with Crippen LogP contribution in [0.2, 0.25) is 0 Å². The molecule has 90 valence electrons. The maximum absolute atomic E-state index is 11.2.